The van der Waals surface area contributed by atoms with Crippen LogP contribution >= 0.6 is 12.4 Å². The number of hydrogen-bond acceptors (Lipinski definition) is 1. The van der Waals surface area contributed by atoms with Gasteiger partial charge >= 0.3 is 0 Å². The van der Waals surface area contributed by atoms with Gasteiger partial charge in [0.2, 0.25) is 0 Å². The molecule has 0 atom stereocenters. The molecule has 0 aromatic carbocycles. The van der Waals surface area contributed by atoms with E-state index in [4.69, 9.17) is 5.41 Å². The van der Waals surface area contributed by atoms with E-state index in [2.05, 4.69) is 11.5 Å². The molecule has 0 saturated carbocycles. The molecule has 0 spiro atoms. The summed E-state index contributed by atoms with van der Waals surface area (Å²) < 4.78 is 0. The van der Waals surface area contributed by atoms with Crippen molar-refractivity contribution in [3.63, 3.8) is 0 Å². The molecule has 0 bridgehead atoms. The van der Waals surface area contributed by atoms with Crippen molar-refractivity contribution in [2.24, 2.45) is 11.5 Å². The zero-order valence-corrected chi connectivity index (χ0v) is 3.38. The summed E-state index contributed by atoms with van der Waals surface area (Å²) in [6.45, 7) is 0. The van der Waals surface area contributed by atoms with Crippen LogP contribution in [-0.4, -0.2) is 5.96 Å². The summed E-state index contributed by atoms with van der Waals surface area (Å²) in [5.74, 6) is -0.333. The summed E-state index contributed by atoms with van der Waals surface area (Å²) in [4.78, 5) is 0. The van der Waals surface area contributed by atoms with Gasteiger partial charge in [0, 0.05) is 0 Å². The highest BCUT2D eigenvalue weighted by Gasteiger charge is 1.52. The average Bonchev–Trinajstić information content (AvgIpc) is 0.811. The second-order valence-electron chi connectivity index (χ2n) is 0.455. The van der Waals surface area contributed by atoms with Gasteiger partial charge < -0.3 is 11.5 Å². The van der Waals surface area contributed by atoms with E-state index in [9.17, 15) is 0 Å². The first-order chi connectivity index (χ1) is 1.73. The van der Waals surface area contributed by atoms with Gasteiger partial charge in [0.25, 0.3) is 0 Å². The van der Waals surface area contributed by atoms with Gasteiger partial charge in [-0.3, -0.25) is 5.41 Å². The van der Waals surface area contributed by atoms with E-state index in [-0.39, 0.29) is 18.4 Å². The second-order valence-corrected chi connectivity index (χ2v) is 0.455. The molecule has 0 radical (unpaired) electrons. The molecule has 0 unspecified atom stereocenters. The Bertz CT molecular complexity index is 29.9. The maximum absolute atomic E-state index is 6.06. The van der Waals surface area contributed by atoms with Crippen LogP contribution in [0.25, 0.3) is 0 Å². The summed E-state index contributed by atoms with van der Waals surface area (Å²) in [6, 6.07) is 0. The van der Waals surface area contributed by atoms with E-state index in [1.165, 1.54) is 0 Å². The molecule has 0 heterocycles. The predicted octanol–water partition coefficient (Wildman–Crippen LogP) is -0.740. The Labute approximate surface area is 36.3 Å². The molecule has 3 nitrogen and oxygen atoms in total. The molecule has 5 heavy (non-hydrogen) atoms. The van der Waals surface area contributed by atoms with E-state index >= 15 is 0 Å². The molecule has 0 aliphatic carbocycles. The molecule has 4 heteroatoms. The fourth-order valence-electron chi connectivity index (χ4n) is 0. The van der Waals surface area contributed by atoms with Crippen molar-refractivity contribution in [1.29, 1.82) is 5.41 Å². The molecule has 0 rings (SSSR count). The Balaban J connectivity index is 0. The van der Waals surface area contributed by atoms with E-state index < -0.39 is 0 Å². The fourth-order valence-corrected chi connectivity index (χ4v) is 0. The van der Waals surface area contributed by atoms with Crippen LogP contribution in [0.4, 0.5) is 0 Å². The SMILES string of the molecule is Cl.[15NH]=C([15NH2])[15NH2]. The first-order valence-corrected chi connectivity index (χ1v) is 0.827. The zero-order valence-electron chi connectivity index (χ0n) is 2.56. The Morgan fingerprint density at radius 3 is 1.40 bits per heavy atom. The molecule has 0 aromatic heterocycles. The topological polar surface area (TPSA) is 75.9 Å². The summed E-state index contributed by atoms with van der Waals surface area (Å²) in [6.07, 6.45) is 0. The highest BCUT2D eigenvalue weighted by Crippen LogP contribution is 1.13. The molecule has 0 aliphatic heterocycles. The third-order valence-corrected chi connectivity index (χ3v) is 0. The predicted molar refractivity (Wildman–Crippen MR) is 23.3 cm³/mol. The summed E-state index contributed by atoms with van der Waals surface area (Å²) in [7, 11) is 0. The minimum atomic E-state index is -0.333. The van der Waals surface area contributed by atoms with Gasteiger partial charge in [-0.1, -0.05) is 0 Å². The number of guanidine groups is 1. The normalized spacial score (nSPS) is 4.80. The van der Waals surface area contributed by atoms with Crippen LogP contribution in [0.3, 0.4) is 0 Å². The lowest BCUT2D eigenvalue weighted by Gasteiger charge is -1.69. The fraction of sp³-hybridized carbons (Fsp3) is 0. The first-order valence-electron chi connectivity index (χ1n) is 0.827. The van der Waals surface area contributed by atoms with Crippen molar-refractivity contribution in [3.8, 4) is 0 Å². The molecule has 0 aromatic rings. The molecule has 5 N–H and O–H groups in total. The van der Waals surface area contributed by atoms with E-state index in [1.807, 2.05) is 0 Å². The summed E-state index contributed by atoms with van der Waals surface area (Å²) >= 11 is 0. The Kier molecular flexibility index (Phi) is 6.28. The Morgan fingerprint density at radius 2 is 1.40 bits per heavy atom. The van der Waals surface area contributed by atoms with Gasteiger partial charge in [-0.2, -0.15) is 0 Å². The minimum Gasteiger partial charge on any atom is -0.370 e. The van der Waals surface area contributed by atoms with Gasteiger partial charge in [-0.05, 0) is 0 Å². The van der Waals surface area contributed by atoms with E-state index in [1.54, 1.807) is 0 Å². The number of rotatable bonds is 0. The highest BCUT2D eigenvalue weighted by atomic mass is 35.5. The van der Waals surface area contributed by atoms with Crippen LogP contribution in [0.2, 0.25) is 0 Å². The van der Waals surface area contributed by atoms with Crippen LogP contribution in [0.1, 0.15) is 0 Å². The third-order valence-electron chi connectivity index (χ3n) is 0. The number of halogens is 1. The maximum Gasteiger partial charge on any atom is 0.183 e. The molecule has 0 amide bonds. The van der Waals surface area contributed by atoms with Crippen molar-refractivity contribution < 1.29 is 0 Å². The lowest BCUT2D eigenvalue weighted by molar-refractivity contribution is 1.39. The van der Waals surface area contributed by atoms with Crippen molar-refractivity contribution in [2.75, 3.05) is 0 Å². The molecular formula is CH6ClN3. The largest absolute Gasteiger partial charge is 0.370 e. The summed E-state index contributed by atoms with van der Waals surface area (Å²) in [5, 5.41) is 6.06. The van der Waals surface area contributed by atoms with Gasteiger partial charge in [0.15, 0.2) is 5.96 Å². The van der Waals surface area contributed by atoms with Crippen molar-refractivity contribution in [1.82, 2.24) is 0 Å². The van der Waals surface area contributed by atoms with Crippen LogP contribution < -0.4 is 11.5 Å². The number of nitrogens with two attached hydrogens (primary N) is 2. The molecule has 0 aliphatic rings. The van der Waals surface area contributed by atoms with Crippen LogP contribution in [0.15, 0.2) is 0 Å². The minimum absolute atomic E-state index is 0. The van der Waals surface area contributed by atoms with E-state index in [0.717, 1.165) is 0 Å². The van der Waals surface area contributed by atoms with Crippen molar-refractivity contribution in [2.45, 2.75) is 0 Å². The highest BCUT2D eigenvalue weighted by molar-refractivity contribution is 5.85. The zero-order chi connectivity index (χ0) is 3.58. The first kappa shape index (κ1) is 8.82. The number of nitrogens with one attached hydrogen (secondary N) is 1. The summed E-state index contributed by atoms with van der Waals surface area (Å²) in [5.41, 5.74) is 8.94. The maximum atomic E-state index is 6.06. The van der Waals surface area contributed by atoms with Crippen LogP contribution in [0, 0.1) is 5.41 Å². The van der Waals surface area contributed by atoms with Crippen molar-refractivity contribution >= 4 is 18.4 Å². The lowest BCUT2D eigenvalue weighted by Crippen LogP contribution is -2.20. The quantitative estimate of drug-likeness (QED) is 0.212. The Morgan fingerprint density at radius 1 is 1.40 bits per heavy atom. The molecule has 32 valence electrons. The Hall–Kier alpha value is -0.440. The van der Waals surface area contributed by atoms with E-state index in [0.29, 0.717) is 0 Å². The van der Waals surface area contributed by atoms with Crippen LogP contribution in [0.5, 0.6) is 0 Å². The lowest BCUT2D eigenvalue weighted by atomic mass is 11.3. The molecule has 0 saturated heterocycles. The number of hydrogen-bond donors (Lipinski definition) is 3. The van der Waals surface area contributed by atoms with Crippen LogP contribution in [-0.2, 0) is 0 Å². The molecular weight excluding hydrogens is 92.5 g/mol. The van der Waals surface area contributed by atoms with Gasteiger partial charge in [0.1, 0.15) is 0 Å². The smallest absolute Gasteiger partial charge is 0.183 e. The third kappa shape index (κ3) is 44.8. The average molecular weight is 98.5 g/mol. The second kappa shape index (κ2) is 3.56. The van der Waals surface area contributed by atoms with Gasteiger partial charge in [0.05, 0.1) is 0 Å². The molecule has 0 fully saturated rings. The van der Waals surface area contributed by atoms with Gasteiger partial charge in [-0.25, -0.2) is 0 Å². The van der Waals surface area contributed by atoms with Gasteiger partial charge in [-0.15, -0.1) is 12.4 Å². The standard InChI is InChI=1S/CH5N3.ClH/c2-1(3)4;/h(H5,2,3,4);1H/i2+1,3+1,4+1;. The monoisotopic (exact) mass is 98.0 g/mol. The van der Waals surface area contributed by atoms with Crippen molar-refractivity contribution in [3.05, 3.63) is 0 Å².